The molecule has 1 aliphatic heterocycles. The van der Waals surface area contributed by atoms with Gasteiger partial charge in [-0.25, -0.2) is 4.68 Å². The van der Waals surface area contributed by atoms with Gasteiger partial charge in [0, 0.05) is 23.6 Å². The highest BCUT2D eigenvalue weighted by molar-refractivity contribution is 9.10. The summed E-state index contributed by atoms with van der Waals surface area (Å²) in [5.74, 6) is 0.0867. The maximum atomic E-state index is 12.9. The first kappa shape index (κ1) is 19.0. The average molecular weight is 414 g/mol. The molecule has 1 unspecified atom stereocenters. The van der Waals surface area contributed by atoms with Crippen LogP contribution in [0.3, 0.4) is 0 Å². The van der Waals surface area contributed by atoms with E-state index in [0.717, 1.165) is 41.8 Å². The molecule has 2 aromatic rings. The molecule has 1 saturated heterocycles. The first-order chi connectivity index (χ1) is 11.1. The van der Waals surface area contributed by atoms with Gasteiger partial charge in [0.2, 0.25) is 0 Å². The summed E-state index contributed by atoms with van der Waals surface area (Å²) in [6.07, 6.45) is 3.82. The molecule has 130 valence electrons. The molecule has 1 amide bonds. The van der Waals surface area contributed by atoms with Crippen molar-refractivity contribution < 1.29 is 4.79 Å². The van der Waals surface area contributed by atoms with Crippen molar-refractivity contribution >= 4 is 34.2 Å². The van der Waals surface area contributed by atoms with E-state index in [1.165, 1.54) is 0 Å². The minimum Gasteiger partial charge on any atom is -0.334 e. The van der Waals surface area contributed by atoms with E-state index in [4.69, 9.17) is 0 Å². The van der Waals surface area contributed by atoms with Crippen molar-refractivity contribution in [2.24, 2.45) is 0 Å². The van der Waals surface area contributed by atoms with E-state index in [0.29, 0.717) is 5.56 Å². The van der Waals surface area contributed by atoms with Crippen LogP contribution < -0.4 is 5.32 Å². The van der Waals surface area contributed by atoms with E-state index in [-0.39, 0.29) is 24.4 Å². The van der Waals surface area contributed by atoms with E-state index in [9.17, 15) is 4.79 Å². The molecular weight excluding hydrogens is 392 g/mol. The van der Waals surface area contributed by atoms with Crippen molar-refractivity contribution in [1.82, 2.24) is 20.0 Å². The van der Waals surface area contributed by atoms with E-state index >= 15 is 0 Å². The number of hydrogen-bond acceptors (Lipinski definition) is 3. The topological polar surface area (TPSA) is 50.2 Å². The number of carbonyl (C=O) groups excluding carboxylic acids is 1. The van der Waals surface area contributed by atoms with Crippen molar-refractivity contribution in [3.63, 3.8) is 0 Å². The van der Waals surface area contributed by atoms with Crippen LogP contribution in [0.15, 0.2) is 34.9 Å². The lowest BCUT2D eigenvalue weighted by Crippen LogP contribution is -2.41. The SMILES string of the molecule is CNCC1CCCN1C(=O)c1cnn(-c2ccc(Br)cc2)c1C.Cl. The summed E-state index contributed by atoms with van der Waals surface area (Å²) in [5, 5.41) is 7.60. The summed E-state index contributed by atoms with van der Waals surface area (Å²) in [7, 11) is 1.93. The lowest BCUT2D eigenvalue weighted by atomic mass is 10.2. The van der Waals surface area contributed by atoms with Gasteiger partial charge in [0.15, 0.2) is 0 Å². The summed E-state index contributed by atoms with van der Waals surface area (Å²) < 4.78 is 2.84. The summed E-state index contributed by atoms with van der Waals surface area (Å²) >= 11 is 3.43. The lowest BCUT2D eigenvalue weighted by molar-refractivity contribution is 0.0736. The van der Waals surface area contributed by atoms with Crippen LogP contribution in [-0.2, 0) is 0 Å². The van der Waals surface area contributed by atoms with Gasteiger partial charge >= 0.3 is 0 Å². The molecule has 1 aromatic heterocycles. The minimum absolute atomic E-state index is 0. The molecule has 0 bridgehead atoms. The molecule has 1 fully saturated rings. The highest BCUT2D eigenvalue weighted by Gasteiger charge is 2.30. The number of rotatable bonds is 4. The number of aromatic nitrogens is 2. The molecule has 1 N–H and O–H groups in total. The van der Waals surface area contributed by atoms with Crippen LogP contribution in [0.5, 0.6) is 0 Å². The third kappa shape index (κ3) is 3.66. The Morgan fingerprint density at radius 2 is 2.08 bits per heavy atom. The van der Waals surface area contributed by atoms with Crippen LogP contribution >= 0.6 is 28.3 Å². The first-order valence-electron chi connectivity index (χ1n) is 7.88. The zero-order valence-electron chi connectivity index (χ0n) is 13.8. The molecule has 3 rings (SSSR count). The van der Waals surface area contributed by atoms with Gasteiger partial charge in [-0.1, -0.05) is 15.9 Å². The van der Waals surface area contributed by atoms with Gasteiger partial charge < -0.3 is 10.2 Å². The normalized spacial score (nSPS) is 17.0. The van der Waals surface area contributed by atoms with Gasteiger partial charge in [0.25, 0.3) is 5.91 Å². The highest BCUT2D eigenvalue weighted by atomic mass is 79.9. The second kappa shape index (κ2) is 8.14. The van der Waals surface area contributed by atoms with E-state index in [1.54, 1.807) is 6.20 Å². The highest BCUT2D eigenvalue weighted by Crippen LogP contribution is 2.23. The Morgan fingerprint density at radius 1 is 1.38 bits per heavy atom. The van der Waals surface area contributed by atoms with Crippen LogP contribution in [0.25, 0.3) is 5.69 Å². The molecule has 7 heteroatoms. The molecule has 2 heterocycles. The van der Waals surface area contributed by atoms with Gasteiger partial charge in [0.1, 0.15) is 0 Å². The van der Waals surface area contributed by atoms with E-state index < -0.39 is 0 Å². The maximum Gasteiger partial charge on any atom is 0.257 e. The molecule has 1 aromatic carbocycles. The maximum absolute atomic E-state index is 12.9. The van der Waals surface area contributed by atoms with Crippen LogP contribution in [-0.4, -0.2) is 46.8 Å². The number of halogens is 2. The monoisotopic (exact) mass is 412 g/mol. The largest absolute Gasteiger partial charge is 0.334 e. The number of likely N-dealkylation sites (N-methyl/N-ethyl adjacent to an activating group) is 1. The third-order valence-corrected chi connectivity index (χ3v) is 4.92. The molecule has 0 aliphatic carbocycles. The standard InChI is InChI=1S/C17H21BrN4O.ClH/c1-12-16(17(23)21-9-3-4-15(21)10-19-2)11-20-22(12)14-7-5-13(18)6-8-14;/h5-8,11,15,19H,3-4,9-10H2,1-2H3;1H. The first-order valence-corrected chi connectivity index (χ1v) is 8.67. The van der Waals surface area contributed by atoms with Crippen molar-refractivity contribution in [3.05, 3.63) is 46.2 Å². The van der Waals surface area contributed by atoms with Crippen LogP contribution in [0.1, 0.15) is 28.9 Å². The van der Waals surface area contributed by atoms with Gasteiger partial charge in [-0.15, -0.1) is 12.4 Å². The number of nitrogens with one attached hydrogen (secondary N) is 1. The van der Waals surface area contributed by atoms with Crippen LogP contribution in [0.4, 0.5) is 0 Å². The molecule has 5 nitrogen and oxygen atoms in total. The third-order valence-electron chi connectivity index (χ3n) is 4.39. The van der Waals surface area contributed by atoms with E-state index in [1.807, 2.05) is 47.8 Å². The van der Waals surface area contributed by atoms with Crippen molar-refractivity contribution in [2.75, 3.05) is 20.1 Å². The number of nitrogens with zero attached hydrogens (tertiary/aromatic N) is 3. The zero-order chi connectivity index (χ0) is 16.4. The van der Waals surface area contributed by atoms with Crippen LogP contribution in [0.2, 0.25) is 0 Å². The minimum atomic E-state index is 0. The van der Waals surface area contributed by atoms with Crippen molar-refractivity contribution in [1.29, 1.82) is 0 Å². The Hall–Kier alpha value is -1.37. The second-order valence-corrected chi connectivity index (χ2v) is 6.80. The van der Waals surface area contributed by atoms with Crippen molar-refractivity contribution in [2.45, 2.75) is 25.8 Å². The Kier molecular flexibility index (Phi) is 6.43. The number of hydrogen-bond donors (Lipinski definition) is 1. The second-order valence-electron chi connectivity index (χ2n) is 5.88. The molecule has 0 radical (unpaired) electrons. The number of amides is 1. The van der Waals surface area contributed by atoms with Crippen molar-refractivity contribution in [3.8, 4) is 5.69 Å². The van der Waals surface area contributed by atoms with Gasteiger partial charge in [0.05, 0.1) is 23.1 Å². The smallest absolute Gasteiger partial charge is 0.257 e. The Labute approximate surface area is 157 Å². The molecular formula is C17H22BrClN4O. The van der Waals surface area contributed by atoms with E-state index in [2.05, 4.69) is 26.3 Å². The predicted octanol–water partition coefficient (Wildman–Crippen LogP) is 3.19. The molecule has 0 spiro atoms. The predicted molar refractivity (Wildman–Crippen MR) is 101 cm³/mol. The average Bonchev–Trinajstić information content (AvgIpc) is 3.15. The van der Waals surface area contributed by atoms with Crippen LogP contribution in [0, 0.1) is 6.92 Å². The number of benzene rings is 1. The molecule has 1 aliphatic rings. The Balaban J connectivity index is 0.00000208. The Bertz CT molecular complexity index is 701. The fourth-order valence-corrected chi connectivity index (χ4v) is 3.43. The molecule has 0 saturated carbocycles. The quantitative estimate of drug-likeness (QED) is 0.837. The summed E-state index contributed by atoms with van der Waals surface area (Å²) in [6, 6.07) is 8.20. The fourth-order valence-electron chi connectivity index (χ4n) is 3.17. The van der Waals surface area contributed by atoms with Gasteiger partial charge in [-0.2, -0.15) is 5.10 Å². The summed E-state index contributed by atoms with van der Waals surface area (Å²) in [5.41, 5.74) is 2.53. The summed E-state index contributed by atoms with van der Waals surface area (Å²) in [4.78, 5) is 14.9. The lowest BCUT2D eigenvalue weighted by Gasteiger charge is -2.24. The zero-order valence-corrected chi connectivity index (χ0v) is 16.2. The van der Waals surface area contributed by atoms with Gasteiger partial charge in [-0.05, 0) is 51.1 Å². The fraction of sp³-hybridized carbons (Fsp3) is 0.412. The Morgan fingerprint density at radius 3 is 2.75 bits per heavy atom. The summed E-state index contributed by atoms with van der Waals surface area (Å²) in [6.45, 7) is 3.62. The van der Waals surface area contributed by atoms with Gasteiger partial charge in [-0.3, -0.25) is 4.79 Å². The molecule has 1 atom stereocenters. The molecule has 24 heavy (non-hydrogen) atoms. The number of likely N-dealkylation sites (tertiary alicyclic amines) is 1. The number of carbonyl (C=O) groups is 1.